The van der Waals surface area contributed by atoms with Gasteiger partial charge in [0.1, 0.15) is 17.6 Å². The molecule has 1 aliphatic heterocycles. The zero-order valence-electron chi connectivity index (χ0n) is 26.4. The summed E-state index contributed by atoms with van der Waals surface area (Å²) in [4.78, 5) is 41.6. The van der Waals surface area contributed by atoms with Gasteiger partial charge in [0, 0.05) is 11.5 Å². The van der Waals surface area contributed by atoms with Crippen LogP contribution in [-0.2, 0) is 28.6 Å². The molecule has 0 saturated heterocycles. The standard InChI is InChI=1S/C34H50O6/c1-12-13-25(18-27(35)38-10)28-31(39-11)29-30(36)23(8)24(9)40-33(29)34(32(28)37,17-16-21(4)5)19-26(22(6)7)15-14-20(2)3/h14,16,23-26H,6,12-13,15,17-19H2,1-5,7-11H3/t23-,24-,25?,26?,34?/m1/s1. The monoisotopic (exact) mass is 554 g/mol. The molecular weight excluding hydrogens is 504 g/mol. The minimum atomic E-state index is -1.14. The molecule has 0 N–H and O–H groups in total. The first-order valence-electron chi connectivity index (χ1n) is 14.5. The molecule has 0 radical (unpaired) electrons. The number of rotatable bonds is 13. The zero-order valence-corrected chi connectivity index (χ0v) is 26.4. The van der Waals surface area contributed by atoms with E-state index in [0.29, 0.717) is 36.2 Å². The molecule has 6 nitrogen and oxygen atoms in total. The molecule has 0 saturated carbocycles. The Balaban J connectivity index is 3.00. The number of methoxy groups -OCH3 is 2. The summed E-state index contributed by atoms with van der Waals surface area (Å²) in [6.07, 6.45) is 6.71. The summed E-state index contributed by atoms with van der Waals surface area (Å²) in [7, 11) is 2.83. The molecule has 0 aromatic carbocycles. The van der Waals surface area contributed by atoms with E-state index < -0.39 is 29.3 Å². The number of esters is 1. The number of hydrogen-bond donors (Lipinski definition) is 0. The van der Waals surface area contributed by atoms with Gasteiger partial charge in [-0.15, -0.1) is 0 Å². The number of carbonyl (C=O) groups excluding carboxylic acids is 3. The number of ketones is 2. The molecule has 222 valence electrons. The molecule has 5 atom stereocenters. The quantitative estimate of drug-likeness (QED) is 0.172. The average molecular weight is 555 g/mol. The third-order valence-electron chi connectivity index (χ3n) is 8.33. The molecule has 2 rings (SSSR count). The topological polar surface area (TPSA) is 78.9 Å². The van der Waals surface area contributed by atoms with Crippen molar-refractivity contribution in [2.75, 3.05) is 14.2 Å². The molecule has 0 aromatic rings. The fourth-order valence-corrected chi connectivity index (χ4v) is 5.72. The summed E-state index contributed by atoms with van der Waals surface area (Å²) in [5.74, 6) is -0.876. The molecular formula is C34H50O6. The summed E-state index contributed by atoms with van der Waals surface area (Å²) in [6.45, 7) is 20.1. The van der Waals surface area contributed by atoms with Crippen LogP contribution >= 0.6 is 0 Å². The first kappa shape index (κ1) is 33.3. The van der Waals surface area contributed by atoms with E-state index in [-0.39, 0.29) is 29.7 Å². The second-order valence-electron chi connectivity index (χ2n) is 12.1. The maximum atomic E-state index is 15.1. The molecule has 0 aromatic heterocycles. The molecule has 6 heteroatoms. The van der Waals surface area contributed by atoms with Crippen LogP contribution in [0.4, 0.5) is 0 Å². The fourth-order valence-electron chi connectivity index (χ4n) is 5.72. The maximum Gasteiger partial charge on any atom is 0.306 e. The summed E-state index contributed by atoms with van der Waals surface area (Å²) < 4.78 is 17.5. The Bertz CT molecular complexity index is 1130. The van der Waals surface area contributed by atoms with Gasteiger partial charge < -0.3 is 14.2 Å². The lowest BCUT2D eigenvalue weighted by atomic mass is 9.61. The third-order valence-corrected chi connectivity index (χ3v) is 8.33. The molecule has 0 spiro atoms. The van der Waals surface area contributed by atoms with Crippen molar-refractivity contribution in [2.45, 2.75) is 100 Å². The summed E-state index contributed by atoms with van der Waals surface area (Å²) >= 11 is 0. The maximum absolute atomic E-state index is 15.1. The lowest BCUT2D eigenvalue weighted by Gasteiger charge is -2.46. The molecule has 1 aliphatic carbocycles. The second-order valence-corrected chi connectivity index (χ2v) is 12.1. The fraction of sp³-hybridized carbons (Fsp3) is 0.618. The van der Waals surface area contributed by atoms with Crippen molar-refractivity contribution in [1.82, 2.24) is 0 Å². The highest BCUT2D eigenvalue weighted by Gasteiger charge is 2.56. The van der Waals surface area contributed by atoms with Crippen LogP contribution in [0.25, 0.3) is 0 Å². The Morgan fingerprint density at radius 1 is 1.07 bits per heavy atom. The highest BCUT2D eigenvalue weighted by molar-refractivity contribution is 6.12. The smallest absolute Gasteiger partial charge is 0.306 e. The van der Waals surface area contributed by atoms with Gasteiger partial charge in [-0.05, 0) is 73.1 Å². The van der Waals surface area contributed by atoms with E-state index >= 15 is 4.79 Å². The average Bonchev–Trinajstić information content (AvgIpc) is 2.89. The van der Waals surface area contributed by atoms with Crippen molar-refractivity contribution >= 4 is 17.5 Å². The van der Waals surface area contributed by atoms with Crippen molar-refractivity contribution in [3.63, 3.8) is 0 Å². The predicted octanol–water partition coefficient (Wildman–Crippen LogP) is 7.61. The molecule has 1 heterocycles. The number of ether oxygens (including phenoxy) is 3. The van der Waals surface area contributed by atoms with Crippen LogP contribution < -0.4 is 0 Å². The van der Waals surface area contributed by atoms with Gasteiger partial charge in [-0.2, -0.15) is 0 Å². The summed E-state index contributed by atoms with van der Waals surface area (Å²) in [5, 5.41) is 0. The lowest BCUT2D eigenvalue weighted by Crippen LogP contribution is -2.48. The Hall–Kier alpha value is -2.89. The molecule has 0 bridgehead atoms. The number of carbonyl (C=O) groups is 3. The van der Waals surface area contributed by atoms with Gasteiger partial charge in [0.25, 0.3) is 0 Å². The third kappa shape index (κ3) is 7.05. The first-order valence-corrected chi connectivity index (χ1v) is 14.5. The van der Waals surface area contributed by atoms with Gasteiger partial charge in [-0.3, -0.25) is 14.4 Å². The number of allylic oxidation sites excluding steroid dienone is 8. The second kappa shape index (κ2) is 14.1. The first-order chi connectivity index (χ1) is 18.7. The van der Waals surface area contributed by atoms with Crippen LogP contribution in [0.15, 0.2) is 58.1 Å². The van der Waals surface area contributed by atoms with Crippen LogP contribution in [0.5, 0.6) is 0 Å². The Labute approximate surface area is 241 Å². The number of hydrogen-bond acceptors (Lipinski definition) is 6. The predicted molar refractivity (Wildman–Crippen MR) is 159 cm³/mol. The van der Waals surface area contributed by atoms with Crippen molar-refractivity contribution in [2.24, 2.45) is 23.2 Å². The summed E-state index contributed by atoms with van der Waals surface area (Å²) in [5.41, 5.74) is 2.83. The molecule has 0 amide bonds. The summed E-state index contributed by atoms with van der Waals surface area (Å²) in [6, 6.07) is 0. The van der Waals surface area contributed by atoms with Crippen molar-refractivity contribution in [3.8, 4) is 0 Å². The molecule has 0 fully saturated rings. The van der Waals surface area contributed by atoms with Crippen LogP contribution in [0, 0.1) is 23.2 Å². The Morgan fingerprint density at radius 3 is 2.20 bits per heavy atom. The Kier molecular flexibility index (Phi) is 11.8. The van der Waals surface area contributed by atoms with E-state index in [1.807, 2.05) is 41.5 Å². The highest BCUT2D eigenvalue weighted by atomic mass is 16.5. The largest absolute Gasteiger partial charge is 0.495 e. The van der Waals surface area contributed by atoms with E-state index in [4.69, 9.17) is 14.2 Å². The van der Waals surface area contributed by atoms with E-state index in [0.717, 1.165) is 24.0 Å². The van der Waals surface area contributed by atoms with Crippen LogP contribution in [-0.4, -0.2) is 37.9 Å². The molecule has 40 heavy (non-hydrogen) atoms. The van der Waals surface area contributed by atoms with Crippen molar-refractivity contribution in [3.05, 3.63) is 58.1 Å². The van der Waals surface area contributed by atoms with E-state index in [2.05, 4.69) is 32.6 Å². The van der Waals surface area contributed by atoms with Gasteiger partial charge in [0.05, 0.1) is 37.5 Å². The minimum absolute atomic E-state index is 0.0258. The Morgan fingerprint density at radius 2 is 1.70 bits per heavy atom. The normalized spacial score (nSPS) is 24.1. The zero-order chi connectivity index (χ0) is 30.4. The van der Waals surface area contributed by atoms with Crippen molar-refractivity contribution in [1.29, 1.82) is 0 Å². The van der Waals surface area contributed by atoms with Crippen LogP contribution in [0.2, 0.25) is 0 Å². The van der Waals surface area contributed by atoms with E-state index in [1.165, 1.54) is 19.8 Å². The highest BCUT2D eigenvalue weighted by Crippen LogP contribution is 2.54. The van der Waals surface area contributed by atoms with Gasteiger partial charge in [-0.1, -0.05) is 55.7 Å². The van der Waals surface area contributed by atoms with Gasteiger partial charge in [0.15, 0.2) is 11.6 Å². The van der Waals surface area contributed by atoms with E-state index in [9.17, 15) is 9.59 Å². The van der Waals surface area contributed by atoms with Crippen molar-refractivity contribution < 1.29 is 28.6 Å². The molecule has 3 unspecified atom stereocenters. The number of Topliss-reactive ketones (excluding diaryl/α,β-unsaturated/α-hetero) is 2. The van der Waals surface area contributed by atoms with Gasteiger partial charge >= 0.3 is 5.97 Å². The van der Waals surface area contributed by atoms with Gasteiger partial charge in [-0.25, -0.2) is 0 Å². The van der Waals surface area contributed by atoms with Crippen LogP contribution in [0.3, 0.4) is 0 Å². The van der Waals surface area contributed by atoms with Gasteiger partial charge in [0.2, 0.25) is 0 Å². The van der Waals surface area contributed by atoms with E-state index in [1.54, 1.807) is 0 Å². The lowest BCUT2D eigenvalue weighted by molar-refractivity contribution is -0.141. The molecule has 2 aliphatic rings. The SMILES string of the molecule is C=C(C)C(CC=C(C)C)CC1(CC=C(C)C)C(=O)C(C(CCC)CC(=O)OC)=C(OC)C2=C1O[C@H](C)[C@@H](C)C2=O. The minimum Gasteiger partial charge on any atom is -0.495 e. The van der Waals surface area contributed by atoms with Crippen LogP contribution in [0.1, 0.15) is 93.9 Å².